The first-order valence-electron chi connectivity index (χ1n) is 8.78. The molecule has 0 unspecified atom stereocenters. The van der Waals surface area contributed by atoms with Crippen molar-refractivity contribution < 1.29 is 18.7 Å². The maximum atomic E-state index is 12.3. The zero-order valence-corrected chi connectivity index (χ0v) is 16.7. The fourth-order valence-corrected chi connectivity index (χ4v) is 2.81. The lowest BCUT2D eigenvalue weighted by Crippen LogP contribution is -2.37. The second-order valence-electron chi connectivity index (χ2n) is 6.50. The molecule has 7 nitrogen and oxygen atoms in total. The van der Waals surface area contributed by atoms with E-state index in [4.69, 9.17) is 20.8 Å². The van der Waals surface area contributed by atoms with E-state index in [9.17, 15) is 14.4 Å². The van der Waals surface area contributed by atoms with Gasteiger partial charge in [0.05, 0.1) is 6.54 Å². The van der Waals surface area contributed by atoms with Crippen LogP contribution in [0, 0.1) is 6.92 Å². The summed E-state index contributed by atoms with van der Waals surface area (Å²) in [6, 6.07) is 13.1. The molecule has 0 aliphatic heterocycles. The van der Waals surface area contributed by atoms with Crippen molar-refractivity contribution in [3.63, 3.8) is 0 Å². The van der Waals surface area contributed by atoms with Crippen LogP contribution in [0.5, 0.6) is 5.75 Å². The summed E-state index contributed by atoms with van der Waals surface area (Å²) in [4.78, 5) is 37.1. The summed E-state index contributed by atoms with van der Waals surface area (Å²) >= 11 is 5.81. The van der Waals surface area contributed by atoms with E-state index in [0.29, 0.717) is 22.0 Å². The molecule has 29 heavy (non-hydrogen) atoms. The fourth-order valence-electron chi connectivity index (χ4n) is 2.69. The van der Waals surface area contributed by atoms with Crippen LogP contribution in [-0.2, 0) is 9.59 Å². The molecule has 0 aliphatic carbocycles. The number of carbonyl (C=O) groups excluding carboxylic acids is 2. The average Bonchev–Trinajstić information content (AvgIpc) is 2.67. The second-order valence-corrected chi connectivity index (χ2v) is 6.94. The normalized spacial score (nSPS) is 10.6. The van der Waals surface area contributed by atoms with Gasteiger partial charge in [-0.1, -0.05) is 11.6 Å². The molecule has 1 heterocycles. The smallest absolute Gasteiger partial charge is 0.336 e. The summed E-state index contributed by atoms with van der Waals surface area (Å²) in [5.74, 6) is -0.327. The molecule has 2 aromatic carbocycles. The van der Waals surface area contributed by atoms with E-state index in [2.05, 4.69) is 5.32 Å². The van der Waals surface area contributed by atoms with Gasteiger partial charge in [-0.05, 0) is 48.9 Å². The lowest BCUT2D eigenvalue weighted by Gasteiger charge is -2.17. The van der Waals surface area contributed by atoms with Crippen LogP contribution in [-0.4, -0.2) is 36.9 Å². The SMILES string of the molecule is Cc1cc(=O)oc2cc(OCC(=O)N(C)CC(=O)Nc3ccc(Cl)cc3)ccc12. The van der Waals surface area contributed by atoms with Crippen LogP contribution in [0.2, 0.25) is 5.02 Å². The molecule has 0 aliphatic rings. The third-order valence-electron chi connectivity index (χ3n) is 4.22. The number of nitrogens with zero attached hydrogens (tertiary/aromatic N) is 1. The second kappa shape index (κ2) is 8.79. The van der Waals surface area contributed by atoms with E-state index < -0.39 is 5.63 Å². The maximum absolute atomic E-state index is 12.3. The fraction of sp³-hybridized carbons (Fsp3) is 0.190. The molecule has 0 fully saturated rings. The van der Waals surface area contributed by atoms with Crippen molar-refractivity contribution in [2.75, 3.05) is 25.5 Å². The molecular weight excluding hydrogens is 396 g/mol. The molecule has 150 valence electrons. The molecule has 1 N–H and O–H groups in total. The van der Waals surface area contributed by atoms with Gasteiger partial charge in [0.25, 0.3) is 5.91 Å². The Morgan fingerprint density at radius 2 is 1.86 bits per heavy atom. The number of hydrogen-bond donors (Lipinski definition) is 1. The molecular formula is C21H19ClN2O5. The maximum Gasteiger partial charge on any atom is 0.336 e. The molecule has 0 atom stereocenters. The van der Waals surface area contributed by atoms with Gasteiger partial charge in [0.2, 0.25) is 5.91 Å². The molecule has 8 heteroatoms. The Morgan fingerprint density at radius 1 is 1.14 bits per heavy atom. The molecule has 3 aromatic rings. The Hall–Kier alpha value is -3.32. The minimum absolute atomic E-state index is 0.128. The Labute approximate surface area is 171 Å². The monoisotopic (exact) mass is 414 g/mol. The highest BCUT2D eigenvalue weighted by Gasteiger charge is 2.14. The quantitative estimate of drug-likeness (QED) is 0.625. The van der Waals surface area contributed by atoms with Gasteiger partial charge in [0.1, 0.15) is 11.3 Å². The van der Waals surface area contributed by atoms with Crippen molar-refractivity contribution in [3.8, 4) is 5.75 Å². The first-order valence-corrected chi connectivity index (χ1v) is 9.16. The van der Waals surface area contributed by atoms with Crippen molar-refractivity contribution in [3.05, 3.63) is 69.5 Å². The predicted octanol–water partition coefficient (Wildman–Crippen LogP) is 3.23. The number of likely N-dealkylation sites (N-methyl/N-ethyl adjacent to an activating group) is 1. The number of nitrogens with one attached hydrogen (secondary N) is 1. The van der Waals surface area contributed by atoms with Gasteiger partial charge in [-0.25, -0.2) is 4.79 Å². The zero-order valence-electron chi connectivity index (χ0n) is 15.9. The number of carbonyl (C=O) groups is 2. The Balaban J connectivity index is 1.55. The minimum Gasteiger partial charge on any atom is -0.484 e. The topological polar surface area (TPSA) is 88.8 Å². The number of amides is 2. The minimum atomic E-state index is -0.449. The lowest BCUT2D eigenvalue weighted by atomic mass is 10.1. The van der Waals surface area contributed by atoms with E-state index in [1.165, 1.54) is 18.0 Å². The lowest BCUT2D eigenvalue weighted by molar-refractivity contribution is -0.135. The summed E-state index contributed by atoms with van der Waals surface area (Å²) in [6.45, 7) is 1.43. The zero-order chi connectivity index (χ0) is 21.0. The highest BCUT2D eigenvalue weighted by atomic mass is 35.5. The molecule has 3 rings (SSSR count). The molecule has 0 spiro atoms. The third kappa shape index (κ3) is 5.36. The third-order valence-corrected chi connectivity index (χ3v) is 4.47. The van der Waals surface area contributed by atoms with Gasteiger partial charge in [-0.15, -0.1) is 0 Å². The first-order chi connectivity index (χ1) is 13.8. The van der Waals surface area contributed by atoms with Crippen LogP contribution >= 0.6 is 11.6 Å². The van der Waals surface area contributed by atoms with E-state index in [-0.39, 0.29) is 25.0 Å². The van der Waals surface area contributed by atoms with Gasteiger partial charge in [-0.2, -0.15) is 0 Å². The van der Waals surface area contributed by atoms with Crippen LogP contribution < -0.4 is 15.7 Å². The van der Waals surface area contributed by atoms with Gasteiger partial charge in [-0.3, -0.25) is 9.59 Å². The molecule has 0 saturated heterocycles. The van der Waals surface area contributed by atoms with Gasteiger partial charge >= 0.3 is 5.63 Å². The van der Waals surface area contributed by atoms with Gasteiger partial charge < -0.3 is 19.4 Å². The van der Waals surface area contributed by atoms with Crippen molar-refractivity contribution in [1.29, 1.82) is 0 Å². The summed E-state index contributed by atoms with van der Waals surface area (Å²) in [7, 11) is 1.51. The Kier molecular flexibility index (Phi) is 6.19. The summed E-state index contributed by atoms with van der Waals surface area (Å²) < 4.78 is 10.7. The Morgan fingerprint density at radius 3 is 2.59 bits per heavy atom. The largest absolute Gasteiger partial charge is 0.484 e. The number of ether oxygens (including phenoxy) is 1. The molecule has 0 radical (unpaired) electrons. The first kappa shape index (κ1) is 20.4. The highest BCUT2D eigenvalue weighted by Crippen LogP contribution is 2.22. The van der Waals surface area contributed by atoms with Crippen LogP contribution in [0.4, 0.5) is 5.69 Å². The standard InChI is InChI=1S/C21H19ClN2O5/c1-13-9-21(27)29-18-10-16(7-8-17(13)18)28-12-20(26)24(2)11-19(25)23-15-5-3-14(22)4-6-15/h3-10H,11-12H2,1-2H3,(H,23,25). The number of anilines is 1. The molecule has 2 amide bonds. The van der Waals surface area contributed by atoms with E-state index >= 15 is 0 Å². The number of halogens is 1. The summed E-state index contributed by atoms with van der Waals surface area (Å²) in [5.41, 5.74) is 1.32. The predicted molar refractivity (Wildman–Crippen MR) is 110 cm³/mol. The summed E-state index contributed by atoms with van der Waals surface area (Å²) in [5, 5.41) is 4.04. The van der Waals surface area contributed by atoms with Crippen molar-refractivity contribution >= 4 is 40.1 Å². The van der Waals surface area contributed by atoms with E-state index in [0.717, 1.165) is 10.9 Å². The number of benzene rings is 2. The van der Waals surface area contributed by atoms with Crippen LogP contribution in [0.25, 0.3) is 11.0 Å². The molecule has 0 bridgehead atoms. The van der Waals surface area contributed by atoms with Crippen LogP contribution in [0.3, 0.4) is 0 Å². The van der Waals surface area contributed by atoms with Crippen LogP contribution in [0.1, 0.15) is 5.56 Å². The number of fused-ring (bicyclic) bond motifs is 1. The number of rotatable bonds is 6. The average molecular weight is 415 g/mol. The summed E-state index contributed by atoms with van der Waals surface area (Å²) in [6.07, 6.45) is 0. The van der Waals surface area contributed by atoms with Crippen molar-refractivity contribution in [1.82, 2.24) is 4.90 Å². The van der Waals surface area contributed by atoms with E-state index in [1.807, 2.05) is 6.92 Å². The van der Waals surface area contributed by atoms with E-state index in [1.54, 1.807) is 42.5 Å². The molecule has 0 saturated carbocycles. The van der Waals surface area contributed by atoms with Crippen molar-refractivity contribution in [2.24, 2.45) is 0 Å². The molecule has 1 aromatic heterocycles. The highest BCUT2D eigenvalue weighted by molar-refractivity contribution is 6.30. The van der Waals surface area contributed by atoms with Gasteiger partial charge in [0.15, 0.2) is 6.61 Å². The number of aryl methyl sites for hydroxylation is 1. The number of hydrogen-bond acceptors (Lipinski definition) is 5. The van der Waals surface area contributed by atoms with Crippen LogP contribution in [0.15, 0.2) is 57.7 Å². The Bertz CT molecular complexity index is 1110. The van der Waals surface area contributed by atoms with Gasteiger partial charge in [0, 0.05) is 35.3 Å². The van der Waals surface area contributed by atoms with Crippen molar-refractivity contribution in [2.45, 2.75) is 6.92 Å².